The number of nitrogens with zero attached hydrogens (tertiary/aromatic N) is 3. The maximum absolute atomic E-state index is 5.58. The number of aromatic nitrogens is 2. The van der Waals surface area contributed by atoms with Gasteiger partial charge in [-0.25, -0.2) is 0 Å². The molecule has 1 aliphatic rings. The Morgan fingerprint density at radius 1 is 1.35 bits per heavy atom. The zero-order valence-corrected chi connectivity index (χ0v) is 12.3. The zero-order chi connectivity index (χ0) is 13.9. The van der Waals surface area contributed by atoms with Crippen LogP contribution < -0.4 is 10.2 Å². The Morgan fingerprint density at radius 2 is 2.10 bits per heavy atom. The normalized spacial score (nSPS) is 14.1. The van der Waals surface area contributed by atoms with Crippen molar-refractivity contribution in [2.75, 3.05) is 4.90 Å². The van der Waals surface area contributed by atoms with Crippen molar-refractivity contribution >= 4 is 23.0 Å². The molecule has 0 atom stereocenters. The van der Waals surface area contributed by atoms with E-state index in [9.17, 15) is 0 Å². The van der Waals surface area contributed by atoms with Gasteiger partial charge in [0.1, 0.15) is 0 Å². The van der Waals surface area contributed by atoms with Crippen LogP contribution in [-0.4, -0.2) is 20.9 Å². The van der Waals surface area contributed by atoms with Gasteiger partial charge in [0.05, 0.1) is 12.2 Å². The summed E-state index contributed by atoms with van der Waals surface area (Å²) in [5.74, 6) is 0. The largest absolute Gasteiger partial charge is 0.360 e. The van der Waals surface area contributed by atoms with Gasteiger partial charge in [-0.3, -0.25) is 4.68 Å². The topological polar surface area (TPSA) is 33.1 Å². The second-order valence-corrected chi connectivity index (χ2v) is 5.48. The molecule has 3 rings (SSSR count). The van der Waals surface area contributed by atoms with Crippen molar-refractivity contribution in [3.8, 4) is 0 Å². The minimum atomic E-state index is 0.556. The van der Waals surface area contributed by atoms with Crippen LogP contribution in [0.4, 0.5) is 5.69 Å². The van der Waals surface area contributed by atoms with Crippen molar-refractivity contribution in [3.63, 3.8) is 0 Å². The standard InChI is InChI=1S/C15H18N4S/c1-18-14(9-10-16-18)11-19(13-5-3-2-4-6-13)15(20)17-12-7-8-12/h2-6,9-10,12H,7-8,11H2,1H3,(H,17,20). The first-order valence-electron chi connectivity index (χ1n) is 6.84. The van der Waals surface area contributed by atoms with Crippen molar-refractivity contribution < 1.29 is 0 Å². The summed E-state index contributed by atoms with van der Waals surface area (Å²) in [4.78, 5) is 2.13. The number of anilines is 1. The van der Waals surface area contributed by atoms with Gasteiger partial charge in [-0.2, -0.15) is 5.10 Å². The van der Waals surface area contributed by atoms with E-state index in [1.807, 2.05) is 42.2 Å². The Kier molecular flexibility index (Phi) is 3.69. The summed E-state index contributed by atoms with van der Waals surface area (Å²) >= 11 is 5.58. The van der Waals surface area contributed by atoms with E-state index in [1.54, 1.807) is 0 Å². The molecule has 1 aromatic heterocycles. The van der Waals surface area contributed by atoms with Gasteiger partial charge in [-0.05, 0) is 43.3 Å². The van der Waals surface area contributed by atoms with Crippen LogP contribution in [0.5, 0.6) is 0 Å². The molecule has 1 N–H and O–H groups in total. The first-order valence-corrected chi connectivity index (χ1v) is 7.25. The Balaban J connectivity index is 1.82. The van der Waals surface area contributed by atoms with Gasteiger partial charge in [-0.15, -0.1) is 0 Å². The molecule has 1 aliphatic carbocycles. The fourth-order valence-electron chi connectivity index (χ4n) is 2.09. The van der Waals surface area contributed by atoms with Crippen LogP contribution in [0.25, 0.3) is 0 Å². The maximum atomic E-state index is 5.58. The molecule has 104 valence electrons. The van der Waals surface area contributed by atoms with Gasteiger partial charge in [-0.1, -0.05) is 18.2 Å². The average molecular weight is 286 g/mol. The second-order valence-electron chi connectivity index (χ2n) is 5.09. The number of nitrogens with one attached hydrogen (secondary N) is 1. The molecular weight excluding hydrogens is 268 g/mol. The molecule has 2 aromatic rings. The van der Waals surface area contributed by atoms with Crippen LogP contribution in [0.3, 0.4) is 0 Å². The predicted molar refractivity (Wildman–Crippen MR) is 84.6 cm³/mol. The molecule has 0 amide bonds. The summed E-state index contributed by atoms with van der Waals surface area (Å²) in [6.07, 6.45) is 4.25. The van der Waals surface area contributed by atoms with Crippen LogP contribution in [0.1, 0.15) is 18.5 Å². The smallest absolute Gasteiger partial charge is 0.174 e. The molecule has 20 heavy (non-hydrogen) atoms. The van der Waals surface area contributed by atoms with Crippen molar-refractivity contribution in [1.29, 1.82) is 0 Å². The van der Waals surface area contributed by atoms with E-state index in [1.165, 1.54) is 12.8 Å². The molecule has 0 spiro atoms. The van der Waals surface area contributed by atoms with E-state index in [2.05, 4.69) is 27.4 Å². The third-order valence-corrected chi connectivity index (χ3v) is 3.80. The van der Waals surface area contributed by atoms with Crippen molar-refractivity contribution in [2.45, 2.75) is 25.4 Å². The van der Waals surface area contributed by atoms with Crippen LogP contribution in [0.2, 0.25) is 0 Å². The Bertz CT molecular complexity index is 589. The van der Waals surface area contributed by atoms with E-state index in [0.29, 0.717) is 6.04 Å². The first-order chi connectivity index (χ1) is 9.74. The van der Waals surface area contributed by atoms with Crippen molar-refractivity contribution in [2.24, 2.45) is 7.05 Å². The molecule has 4 nitrogen and oxygen atoms in total. The van der Waals surface area contributed by atoms with Crippen LogP contribution in [0.15, 0.2) is 42.6 Å². The molecule has 1 fully saturated rings. The molecule has 0 bridgehead atoms. The number of benzene rings is 1. The fourth-order valence-corrected chi connectivity index (χ4v) is 2.42. The van der Waals surface area contributed by atoms with Gasteiger partial charge in [0, 0.05) is 25.0 Å². The van der Waals surface area contributed by atoms with E-state index in [4.69, 9.17) is 12.2 Å². The molecule has 0 radical (unpaired) electrons. The molecule has 0 aliphatic heterocycles. The Labute approximate surface area is 124 Å². The monoisotopic (exact) mass is 286 g/mol. The molecule has 0 unspecified atom stereocenters. The molecule has 0 saturated heterocycles. The van der Waals surface area contributed by atoms with Crippen LogP contribution >= 0.6 is 12.2 Å². The molecule has 1 aromatic carbocycles. The minimum absolute atomic E-state index is 0.556. The van der Waals surface area contributed by atoms with E-state index >= 15 is 0 Å². The number of aryl methyl sites for hydroxylation is 1. The van der Waals surface area contributed by atoms with Gasteiger partial charge in [0.2, 0.25) is 0 Å². The lowest BCUT2D eigenvalue weighted by Crippen LogP contribution is -2.40. The Hall–Kier alpha value is -1.88. The van der Waals surface area contributed by atoms with Crippen molar-refractivity contribution in [1.82, 2.24) is 15.1 Å². The lowest BCUT2D eigenvalue weighted by molar-refractivity contribution is 0.706. The lowest BCUT2D eigenvalue weighted by atomic mass is 10.3. The third kappa shape index (κ3) is 2.99. The van der Waals surface area contributed by atoms with Gasteiger partial charge in [0.15, 0.2) is 5.11 Å². The van der Waals surface area contributed by atoms with Gasteiger partial charge >= 0.3 is 0 Å². The number of rotatable bonds is 4. The number of para-hydroxylation sites is 1. The SMILES string of the molecule is Cn1nccc1CN(C(=S)NC1CC1)c1ccccc1. The van der Waals surface area contributed by atoms with Gasteiger partial charge in [0.25, 0.3) is 0 Å². The van der Waals surface area contributed by atoms with Crippen LogP contribution in [0, 0.1) is 0 Å². The first kappa shape index (κ1) is 13.1. The summed E-state index contributed by atoms with van der Waals surface area (Å²) in [5, 5.41) is 8.43. The summed E-state index contributed by atoms with van der Waals surface area (Å²) in [6.45, 7) is 0.721. The molecule has 5 heteroatoms. The van der Waals surface area contributed by atoms with E-state index in [-0.39, 0.29) is 0 Å². The number of hydrogen-bond acceptors (Lipinski definition) is 2. The summed E-state index contributed by atoms with van der Waals surface area (Å²) < 4.78 is 1.88. The Morgan fingerprint density at radius 3 is 2.70 bits per heavy atom. The van der Waals surface area contributed by atoms with Gasteiger partial charge < -0.3 is 10.2 Å². The predicted octanol–water partition coefficient (Wildman–Crippen LogP) is 2.46. The molecule has 1 heterocycles. The highest BCUT2D eigenvalue weighted by Crippen LogP contribution is 2.22. The minimum Gasteiger partial charge on any atom is -0.360 e. The lowest BCUT2D eigenvalue weighted by Gasteiger charge is -2.26. The number of thiocarbonyl (C=S) groups is 1. The second kappa shape index (κ2) is 5.63. The third-order valence-electron chi connectivity index (χ3n) is 3.46. The molecule has 1 saturated carbocycles. The van der Waals surface area contributed by atoms with Crippen LogP contribution in [-0.2, 0) is 13.6 Å². The highest BCUT2D eigenvalue weighted by Gasteiger charge is 2.24. The maximum Gasteiger partial charge on any atom is 0.174 e. The summed E-state index contributed by atoms with van der Waals surface area (Å²) in [5.41, 5.74) is 2.24. The highest BCUT2D eigenvalue weighted by atomic mass is 32.1. The number of hydrogen-bond donors (Lipinski definition) is 1. The van der Waals surface area contributed by atoms with E-state index < -0.39 is 0 Å². The fraction of sp³-hybridized carbons (Fsp3) is 0.333. The molecular formula is C15H18N4S. The quantitative estimate of drug-likeness (QED) is 0.875. The van der Waals surface area contributed by atoms with E-state index in [0.717, 1.165) is 23.0 Å². The summed E-state index contributed by atoms with van der Waals surface area (Å²) in [6, 6.07) is 12.8. The summed E-state index contributed by atoms with van der Waals surface area (Å²) in [7, 11) is 1.95. The van der Waals surface area contributed by atoms with Crippen molar-refractivity contribution in [3.05, 3.63) is 48.3 Å². The average Bonchev–Trinajstić information content (AvgIpc) is 3.18. The highest BCUT2D eigenvalue weighted by molar-refractivity contribution is 7.80. The zero-order valence-electron chi connectivity index (χ0n) is 11.5.